The van der Waals surface area contributed by atoms with Crippen molar-refractivity contribution in [1.82, 2.24) is 19.1 Å². The molecule has 0 N–H and O–H groups in total. The lowest BCUT2D eigenvalue weighted by Crippen LogP contribution is -2.21. The SMILES string of the molecule is CN(C)S(=O)(=O)c1ccc(CSc2nnc(-c3ccccc3)n2-c2ccccc2)o1. The molecule has 0 saturated heterocycles. The second-order valence-corrected chi connectivity index (χ2v) is 9.67. The highest BCUT2D eigenvalue weighted by Crippen LogP contribution is 2.30. The molecule has 0 atom stereocenters. The van der Waals surface area contributed by atoms with Gasteiger partial charge >= 0.3 is 0 Å². The first kappa shape index (κ1) is 20.4. The summed E-state index contributed by atoms with van der Waals surface area (Å²) in [7, 11) is -0.654. The number of hydrogen-bond donors (Lipinski definition) is 0. The molecule has 0 saturated carbocycles. The lowest BCUT2D eigenvalue weighted by molar-refractivity contribution is 0.408. The standard InChI is InChI=1S/C21H20N4O3S2/c1-24(2)30(26,27)19-14-13-18(28-19)15-29-21-23-22-20(16-9-5-3-6-10-16)25(21)17-11-7-4-8-12-17/h3-14H,15H2,1-2H3. The van der Waals surface area contributed by atoms with Crippen molar-refractivity contribution in [2.75, 3.05) is 14.1 Å². The third-order valence-electron chi connectivity index (χ3n) is 4.40. The summed E-state index contributed by atoms with van der Waals surface area (Å²) in [6.45, 7) is 0. The average molecular weight is 441 g/mol. The molecule has 154 valence electrons. The zero-order chi connectivity index (χ0) is 21.1. The van der Waals surface area contributed by atoms with E-state index in [1.807, 2.05) is 65.2 Å². The molecule has 0 fully saturated rings. The van der Waals surface area contributed by atoms with Crippen molar-refractivity contribution in [3.05, 3.63) is 78.6 Å². The van der Waals surface area contributed by atoms with Crippen molar-refractivity contribution < 1.29 is 12.8 Å². The third-order valence-corrected chi connectivity index (χ3v) is 7.04. The molecule has 7 nitrogen and oxygen atoms in total. The number of para-hydroxylation sites is 1. The van der Waals surface area contributed by atoms with Gasteiger partial charge in [0.2, 0.25) is 5.09 Å². The van der Waals surface area contributed by atoms with E-state index in [-0.39, 0.29) is 5.09 Å². The number of nitrogens with zero attached hydrogens (tertiary/aromatic N) is 4. The van der Waals surface area contributed by atoms with Crippen LogP contribution in [0.4, 0.5) is 0 Å². The normalized spacial score (nSPS) is 11.8. The molecule has 0 aliphatic carbocycles. The molecule has 4 rings (SSSR count). The van der Waals surface area contributed by atoms with E-state index in [0.29, 0.717) is 16.7 Å². The second kappa shape index (κ2) is 8.47. The number of benzene rings is 2. The van der Waals surface area contributed by atoms with Crippen LogP contribution in [0.3, 0.4) is 0 Å². The Hall–Kier alpha value is -2.88. The minimum Gasteiger partial charge on any atom is -0.447 e. The van der Waals surface area contributed by atoms with Crippen LogP contribution < -0.4 is 0 Å². The largest absolute Gasteiger partial charge is 0.447 e. The highest BCUT2D eigenvalue weighted by atomic mass is 32.2. The molecular formula is C21H20N4O3S2. The predicted molar refractivity (Wildman–Crippen MR) is 116 cm³/mol. The smallest absolute Gasteiger partial charge is 0.275 e. The van der Waals surface area contributed by atoms with Gasteiger partial charge in [-0.05, 0) is 24.3 Å². The van der Waals surface area contributed by atoms with E-state index in [4.69, 9.17) is 4.42 Å². The van der Waals surface area contributed by atoms with Crippen LogP contribution in [0.2, 0.25) is 0 Å². The number of sulfonamides is 1. The first-order chi connectivity index (χ1) is 14.5. The van der Waals surface area contributed by atoms with Crippen molar-refractivity contribution in [3.63, 3.8) is 0 Å². The minimum atomic E-state index is -3.60. The summed E-state index contributed by atoms with van der Waals surface area (Å²) in [4.78, 5) is 0. The first-order valence-electron chi connectivity index (χ1n) is 9.17. The molecule has 4 aromatic rings. The van der Waals surface area contributed by atoms with Gasteiger partial charge in [0.1, 0.15) is 5.76 Å². The van der Waals surface area contributed by atoms with Gasteiger partial charge in [0.05, 0.1) is 5.75 Å². The van der Waals surface area contributed by atoms with Crippen molar-refractivity contribution in [1.29, 1.82) is 0 Å². The summed E-state index contributed by atoms with van der Waals surface area (Å²) in [5, 5.41) is 9.39. The first-order valence-corrected chi connectivity index (χ1v) is 11.6. The van der Waals surface area contributed by atoms with E-state index >= 15 is 0 Å². The van der Waals surface area contributed by atoms with Gasteiger partial charge in [-0.25, -0.2) is 12.7 Å². The second-order valence-electron chi connectivity index (χ2n) is 6.64. The topological polar surface area (TPSA) is 81.2 Å². The van der Waals surface area contributed by atoms with E-state index in [9.17, 15) is 8.42 Å². The molecule has 0 amide bonds. The van der Waals surface area contributed by atoms with E-state index in [1.54, 1.807) is 6.07 Å². The van der Waals surface area contributed by atoms with Gasteiger partial charge < -0.3 is 4.42 Å². The maximum Gasteiger partial charge on any atom is 0.275 e. The lowest BCUT2D eigenvalue weighted by atomic mass is 10.2. The summed E-state index contributed by atoms with van der Waals surface area (Å²) in [5.41, 5.74) is 1.90. The summed E-state index contributed by atoms with van der Waals surface area (Å²) in [5.74, 6) is 1.70. The van der Waals surface area contributed by atoms with E-state index in [2.05, 4.69) is 10.2 Å². The van der Waals surface area contributed by atoms with Gasteiger partial charge in [0.15, 0.2) is 11.0 Å². The number of hydrogen-bond acceptors (Lipinski definition) is 6. The van der Waals surface area contributed by atoms with Crippen LogP contribution in [0.1, 0.15) is 5.76 Å². The fourth-order valence-electron chi connectivity index (χ4n) is 2.84. The molecule has 2 heterocycles. The lowest BCUT2D eigenvalue weighted by Gasteiger charge is -2.10. The van der Waals surface area contributed by atoms with Gasteiger partial charge in [-0.3, -0.25) is 4.57 Å². The van der Waals surface area contributed by atoms with Gasteiger partial charge in [0.25, 0.3) is 10.0 Å². The Balaban J connectivity index is 1.64. The molecule has 0 radical (unpaired) electrons. The monoisotopic (exact) mass is 440 g/mol. The van der Waals surface area contributed by atoms with Crippen molar-refractivity contribution in [2.45, 2.75) is 16.0 Å². The van der Waals surface area contributed by atoms with Crippen molar-refractivity contribution >= 4 is 21.8 Å². The number of aromatic nitrogens is 3. The summed E-state index contributed by atoms with van der Waals surface area (Å²) >= 11 is 1.43. The fraction of sp³-hybridized carbons (Fsp3) is 0.143. The molecular weight excluding hydrogens is 420 g/mol. The van der Waals surface area contributed by atoms with Crippen molar-refractivity contribution in [2.24, 2.45) is 0 Å². The number of furan rings is 1. The van der Waals surface area contributed by atoms with E-state index in [1.165, 1.54) is 31.9 Å². The van der Waals surface area contributed by atoms with Crippen LogP contribution in [-0.2, 0) is 15.8 Å². The predicted octanol–water partition coefficient (Wildman–Crippen LogP) is 4.07. The Bertz CT molecular complexity index is 1230. The average Bonchev–Trinajstić information content (AvgIpc) is 3.41. The van der Waals surface area contributed by atoms with E-state index in [0.717, 1.165) is 21.4 Å². The number of rotatable bonds is 7. The van der Waals surface area contributed by atoms with Crippen LogP contribution in [0.15, 0.2) is 87.5 Å². The molecule has 30 heavy (non-hydrogen) atoms. The van der Waals surface area contributed by atoms with Gasteiger partial charge in [0, 0.05) is 25.3 Å². The van der Waals surface area contributed by atoms with Crippen LogP contribution in [0.5, 0.6) is 0 Å². The highest BCUT2D eigenvalue weighted by molar-refractivity contribution is 7.98. The molecule has 0 bridgehead atoms. The van der Waals surface area contributed by atoms with Crippen LogP contribution in [0.25, 0.3) is 17.1 Å². The van der Waals surface area contributed by atoms with Gasteiger partial charge in [-0.2, -0.15) is 0 Å². The third kappa shape index (κ3) is 4.04. The fourth-order valence-corrected chi connectivity index (χ4v) is 4.50. The maximum absolute atomic E-state index is 12.2. The van der Waals surface area contributed by atoms with Crippen LogP contribution >= 0.6 is 11.8 Å². The quantitative estimate of drug-likeness (QED) is 0.403. The molecule has 9 heteroatoms. The maximum atomic E-state index is 12.2. The summed E-state index contributed by atoms with van der Waals surface area (Å²) in [6.07, 6.45) is 0. The Kier molecular flexibility index (Phi) is 5.76. The molecule has 0 aliphatic rings. The zero-order valence-electron chi connectivity index (χ0n) is 16.5. The molecule has 0 spiro atoms. The zero-order valence-corrected chi connectivity index (χ0v) is 18.1. The van der Waals surface area contributed by atoms with Crippen molar-refractivity contribution in [3.8, 4) is 17.1 Å². The van der Waals surface area contributed by atoms with Crippen LogP contribution in [-0.4, -0.2) is 41.6 Å². The Morgan fingerprint density at radius 1 is 0.933 bits per heavy atom. The summed E-state index contributed by atoms with van der Waals surface area (Å²) < 4.78 is 33.1. The van der Waals surface area contributed by atoms with E-state index < -0.39 is 10.0 Å². The minimum absolute atomic E-state index is 0.0717. The molecule has 0 aliphatic heterocycles. The summed E-state index contributed by atoms with van der Waals surface area (Å²) in [6, 6.07) is 22.9. The Morgan fingerprint density at radius 3 is 2.27 bits per heavy atom. The Morgan fingerprint density at radius 2 is 1.60 bits per heavy atom. The number of thioether (sulfide) groups is 1. The highest BCUT2D eigenvalue weighted by Gasteiger charge is 2.22. The van der Waals surface area contributed by atoms with Crippen LogP contribution in [0, 0.1) is 0 Å². The molecule has 0 unspecified atom stereocenters. The molecule has 2 aromatic heterocycles. The Labute approximate surface area is 179 Å². The van der Waals surface area contributed by atoms with Gasteiger partial charge in [-0.1, -0.05) is 60.3 Å². The van der Waals surface area contributed by atoms with Gasteiger partial charge in [-0.15, -0.1) is 10.2 Å². The molecule has 2 aromatic carbocycles.